The van der Waals surface area contributed by atoms with Crippen molar-refractivity contribution in [1.29, 1.82) is 0 Å². The van der Waals surface area contributed by atoms with E-state index in [9.17, 15) is 15.2 Å². The van der Waals surface area contributed by atoms with E-state index >= 15 is 0 Å². The first kappa shape index (κ1) is 15.4. The van der Waals surface area contributed by atoms with Gasteiger partial charge in [0.15, 0.2) is 0 Å². The topological polar surface area (TPSA) is 86.8 Å². The van der Waals surface area contributed by atoms with Crippen molar-refractivity contribution in [2.24, 2.45) is 0 Å². The molecule has 0 aliphatic rings. The Labute approximate surface area is 112 Å². The number of hydrogen-bond acceptors (Lipinski definition) is 5. The van der Waals surface area contributed by atoms with E-state index < -0.39 is 11.0 Å². The molecule has 0 radical (unpaired) electrons. The van der Waals surface area contributed by atoms with E-state index in [1.807, 2.05) is 6.92 Å². The van der Waals surface area contributed by atoms with Gasteiger partial charge >= 0.3 is 0 Å². The maximum absolute atomic E-state index is 11.1. The first-order valence-corrected chi connectivity index (χ1v) is 6.33. The zero-order valence-electron chi connectivity index (χ0n) is 11.2. The summed E-state index contributed by atoms with van der Waals surface area (Å²) < 4.78 is 0. The lowest BCUT2D eigenvalue weighted by Gasteiger charge is -2.23. The van der Waals surface area contributed by atoms with E-state index in [2.05, 4.69) is 0 Å². The summed E-state index contributed by atoms with van der Waals surface area (Å²) >= 11 is 0. The first-order valence-electron chi connectivity index (χ1n) is 6.33. The smallest absolute Gasteiger partial charge is 0.292 e. The largest absolute Gasteiger partial charge is 0.395 e. The van der Waals surface area contributed by atoms with Crippen molar-refractivity contribution in [2.75, 3.05) is 24.6 Å². The normalized spacial score (nSPS) is 12.2. The standard InChI is InChI=1S/C13H20N2O4/c1-3-6-14(7-8-16)12-5-4-11(10(2)17)9-13(12)15(18)19/h4-5,9-10,16-17H,3,6-8H2,1-2H3. The Morgan fingerprint density at radius 3 is 2.58 bits per heavy atom. The highest BCUT2D eigenvalue weighted by atomic mass is 16.6. The number of rotatable bonds is 7. The summed E-state index contributed by atoms with van der Waals surface area (Å²) in [6.07, 6.45) is 0.0835. The minimum absolute atomic E-state index is 0.0414. The lowest BCUT2D eigenvalue weighted by atomic mass is 10.1. The molecule has 1 rings (SSSR count). The molecule has 106 valence electrons. The molecule has 0 saturated carbocycles. The van der Waals surface area contributed by atoms with Crippen LogP contribution in [0.3, 0.4) is 0 Å². The molecular formula is C13H20N2O4. The third kappa shape index (κ3) is 3.90. The highest BCUT2D eigenvalue weighted by Gasteiger charge is 2.20. The average molecular weight is 268 g/mol. The van der Waals surface area contributed by atoms with E-state index in [0.29, 0.717) is 24.3 Å². The molecule has 0 bridgehead atoms. The van der Waals surface area contributed by atoms with Crippen molar-refractivity contribution >= 4 is 11.4 Å². The van der Waals surface area contributed by atoms with E-state index in [-0.39, 0.29) is 12.3 Å². The number of aliphatic hydroxyl groups is 2. The summed E-state index contributed by atoms with van der Waals surface area (Å²) in [5, 5.41) is 29.7. The second kappa shape index (κ2) is 7.06. The van der Waals surface area contributed by atoms with Crippen LogP contribution < -0.4 is 4.90 Å². The van der Waals surface area contributed by atoms with Crippen molar-refractivity contribution in [3.63, 3.8) is 0 Å². The molecule has 1 aromatic carbocycles. The highest BCUT2D eigenvalue weighted by molar-refractivity contribution is 5.64. The van der Waals surface area contributed by atoms with Gasteiger partial charge in [0, 0.05) is 19.2 Å². The Balaban J connectivity index is 3.20. The van der Waals surface area contributed by atoms with Crippen LogP contribution in [0.4, 0.5) is 11.4 Å². The van der Waals surface area contributed by atoms with Crippen molar-refractivity contribution in [3.8, 4) is 0 Å². The van der Waals surface area contributed by atoms with Crippen LogP contribution in [0.5, 0.6) is 0 Å². The molecule has 0 heterocycles. The summed E-state index contributed by atoms with van der Waals surface area (Å²) in [7, 11) is 0. The first-order chi connectivity index (χ1) is 9.01. The second-order valence-electron chi connectivity index (χ2n) is 4.39. The average Bonchev–Trinajstić information content (AvgIpc) is 2.37. The summed E-state index contributed by atoms with van der Waals surface area (Å²) in [4.78, 5) is 12.5. The fraction of sp³-hybridized carbons (Fsp3) is 0.538. The van der Waals surface area contributed by atoms with Gasteiger partial charge in [0.25, 0.3) is 5.69 Å². The molecule has 6 nitrogen and oxygen atoms in total. The van der Waals surface area contributed by atoms with Crippen LogP contribution in [-0.4, -0.2) is 34.8 Å². The van der Waals surface area contributed by atoms with Crippen molar-refractivity contribution in [1.82, 2.24) is 0 Å². The molecule has 1 aromatic rings. The Morgan fingerprint density at radius 2 is 2.11 bits per heavy atom. The zero-order valence-corrected chi connectivity index (χ0v) is 11.2. The highest BCUT2D eigenvalue weighted by Crippen LogP contribution is 2.31. The molecule has 0 aliphatic carbocycles. The van der Waals surface area contributed by atoms with Crippen LogP contribution in [0.15, 0.2) is 18.2 Å². The van der Waals surface area contributed by atoms with Crippen molar-refractivity contribution < 1.29 is 15.1 Å². The number of benzene rings is 1. The number of nitro benzene ring substituents is 1. The van der Waals surface area contributed by atoms with E-state index in [4.69, 9.17) is 5.11 Å². The van der Waals surface area contributed by atoms with Gasteiger partial charge in [-0.3, -0.25) is 10.1 Å². The zero-order chi connectivity index (χ0) is 14.4. The van der Waals surface area contributed by atoms with Crippen LogP contribution in [0, 0.1) is 10.1 Å². The van der Waals surface area contributed by atoms with Gasteiger partial charge in [-0.25, -0.2) is 0 Å². The van der Waals surface area contributed by atoms with Gasteiger partial charge in [-0.15, -0.1) is 0 Å². The number of anilines is 1. The molecule has 0 saturated heterocycles. The Kier molecular flexibility index (Phi) is 5.72. The quantitative estimate of drug-likeness (QED) is 0.582. The van der Waals surface area contributed by atoms with Gasteiger partial charge in [-0.1, -0.05) is 13.0 Å². The summed E-state index contributed by atoms with van der Waals surface area (Å²) in [6, 6.07) is 4.69. The molecule has 0 spiro atoms. The number of hydrogen-bond donors (Lipinski definition) is 2. The van der Waals surface area contributed by atoms with Gasteiger partial charge in [0.05, 0.1) is 17.6 Å². The molecule has 0 aromatic heterocycles. The Morgan fingerprint density at radius 1 is 1.42 bits per heavy atom. The molecule has 0 aliphatic heterocycles. The van der Waals surface area contributed by atoms with Crippen molar-refractivity contribution in [2.45, 2.75) is 26.4 Å². The van der Waals surface area contributed by atoms with Gasteiger partial charge < -0.3 is 15.1 Å². The molecule has 19 heavy (non-hydrogen) atoms. The van der Waals surface area contributed by atoms with Crippen LogP contribution in [0.25, 0.3) is 0 Å². The van der Waals surface area contributed by atoms with Crippen LogP contribution in [0.2, 0.25) is 0 Å². The fourth-order valence-electron chi connectivity index (χ4n) is 1.96. The maximum atomic E-state index is 11.1. The number of nitrogens with zero attached hydrogens (tertiary/aromatic N) is 2. The molecule has 1 atom stereocenters. The van der Waals surface area contributed by atoms with E-state index in [1.165, 1.54) is 6.07 Å². The Hall–Kier alpha value is -1.66. The van der Waals surface area contributed by atoms with Gasteiger partial charge in [-0.05, 0) is 25.0 Å². The monoisotopic (exact) mass is 268 g/mol. The second-order valence-corrected chi connectivity index (χ2v) is 4.39. The van der Waals surface area contributed by atoms with Gasteiger partial charge in [-0.2, -0.15) is 0 Å². The summed E-state index contributed by atoms with van der Waals surface area (Å²) in [5.41, 5.74) is 0.946. The van der Waals surface area contributed by atoms with Crippen LogP contribution in [-0.2, 0) is 0 Å². The van der Waals surface area contributed by atoms with Crippen LogP contribution >= 0.6 is 0 Å². The summed E-state index contributed by atoms with van der Waals surface area (Å²) in [6.45, 7) is 4.46. The lowest BCUT2D eigenvalue weighted by Crippen LogP contribution is -2.28. The Bertz CT molecular complexity index is 429. The number of nitro groups is 1. The van der Waals surface area contributed by atoms with Crippen LogP contribution in [0.1, 0.15) is 31.9 Å². The predicted octanol–water partition coefficient (Wildman–Crippen LogP) is 1.86. The molecule has 2 N–H and O–H groups in total. The molecule has 0 amide bonds. The molecule has 6 heteroatoms. The van der Waals surface area contributed by atoms with Crippen molar-refractivity contribution in [3.05, 3.63) is 33.9 Å². The van der Waals surface area contributed by atoms with E-state index in [0.717, 1.165) is 6.42 Å². The predicted molar refractivity (Wildman–Crippen MR) is 73.3 cm³/mol. The van der Waals surface area contributed by atoms with Gasteiger partial charge in [0.1, 0.15) is 5.69 Å². The SMILES string of the molecule is CCCN(CCO)c1ccc(C(C)O)cc1[N+](=O)[O-]. The molecular weight excluding hydrogens is 248 g/mol. The fourth-order valence-corrected chi connectivity index (χ4v) is 1.96. The maximum Gasteiger partial charge on any atom is 0.292 e. The minimum Gasteiger partial charge on any atom is -0.395 e. The van der Waals surface area contributed by atoms with Gasteiger partial charge in [0.2, 0.25) is 0 Å². The third-order valence-corrected chi connectivity index (χ3v) is 2.88. The number of aliphatic hydroxyl groups excluding tert-OH is 2. The summed E-state index contributed by atoms with van der Waals surface area (Å²) in [5.74, 6) is 0. The minimum atomic E-state index is -0.745. The third-order valence-electron chi connectivity index (χ3n) is 2.88. The lowest BCUT2D eigenvalue weighted by molar-refractivity contribution is -0.384. The molecule has 0 fully saturated rings. The van der Waals surface area contributed by atoms with E-state index in [1.54, 1.807) is 24.0 Å². The molecule has 1 unspecified atom stereocenters.